The van der Waals surface area contributed by atoms with Crippen LogP contribution in [0.1, 0.15) is 17.7 Å². The zero-order valence-electron chi connectivity index (χ0n) is 14.1. The summed E-state index contributed by atoms with van der Waals surface area (Å²) in [5, 5.41) is 13.0. The maximum Gasteiger partial charge on any atom is 0.175 e. The third-order valence-corrected chi connectivity index (χ3v) is 4.30. The average molecular weight is 336 g/mol. The second-order valence-corrected chi connectivity index (χ2v) is 6.17. The van der Waals surface area contributed by atoms with Crippen LogP contribution in [0.25, 0.3) is 5.82 Å². The summed E-state index contributed by atoms with van der Waals surface area (Å²) in [6.07, 6.45) is 6.67. The second kappa shape index (κ2) is 6.98. The van der Waals surface area contributed by atoms with Gasteiger partial charge in [-0.2, -0.15) is 5.10 Å². The molecule has 0 aliphatic carbocycles. The molecule has 25 heavy (non-hydrogen) atoms. The van der Waals surface area contributed by atoms with E-state index in [-0.39, 0.29) is 6.10 Å². The van der Waals surface area contributed by atoms with Gasteiger partial charge in [-0.15, -0.1) is 10.2 Å². The number of hydrogen-bond donors (Lipinski definition) is 0. The molecule has 1 fully saturated rings. The molecular weight excluding hydrogens is 316 g/mol. The Balaban J connectivity index is 1.35. The number of nitrogens with zero attached hydrogens (tertiary/aromatic N) is 6. The van der Waals surface area contributed by atoms with Gasteiger partial charge in [0, 0.05) is 31.7 Å². The van der Waals surface area contributed by atoms with E-state index in [1.54, 1.807) is 17.1 Å². The number of ether oxygens (including phenoxy) is 1. The van der Waals surface area contributed by atoms with Gasteiger partial charge in [0.1, 0.15) is 0 Å². The van der Waals surface area contributed by atoms with Crippen molar-refractivity contribution in [2.24, 2.45) is 0 Å². The van der Waals surface area contributed by atoms with Crippen molar-refractivity contribution < 1.29 is 4.74 Å². The molecule has 4 heterocycles. The van der Waals surface area contributed by atoms with Gasteiger partial charge >= 0.3 is 0 Å². The zero-order valence-corrected chi connectivity index (χ0v) is 14.1. The van der Waals surface area contributed by atoms with Gasteiger partial charge in [-0.25, -0.2) is 4.68 Å². The lowest BCUT2D eigenvalue weighted by atomic mass is 10.3. The molecule has 0 bridgehead atoms. The van der Waals surface area contributed by atoms with Crippen LogP contribution in [0, 0.1) is 6.92 Å². The number of aromatic nitrogens is 5. The molecule has 7 nitrogen and oxygen atoms in total. The highest BCUT2D eigenvalue weighted by molar-refractivity contribution is 5.41. The molecular formula is C18H20N6O. The molecule has 7 heteroatoms. The third-order valence-electron chi connectivity index (χ3n) is 4.30. The fourth-order valence-electron chi connectivity index (χ4n) is 2.92. The summed E-state index contributed by atoms with van der Waals surface area (Å²) in [6.45, 7) is 4.33. The van der Waals surface area contributed by atoms with E-state index in [2.05, 4.69) is 25.2 Å². The maximum absolute atomic E-state index is 6.00. The summed E-state index contributed by atoms with van der Waals surface area (Å²) >= 11 is 0. The van der Waals surface area contributed by atoms with Crippen LogP contribution in [0.15, 0.2) is 48.9 Å². The maximum atomic E-state index is 6.00. The van der Waals surface area contributed by atoms with Crippen molar-refractivity contribution in [3.8, 4) is 5.82 Å². The fraction of sp³-hybridized carbons (Fsp3) is 0.333. The lowest BCUT2D eigenvalue weighted by Gasteiger charge is -2.17. The molecule has 3 aromatic rings. The molecule has 128 valence electrons. The van der Waals surface area contributed by atoms with Gasteiger partial charge in [0.25, 0.3) is 0 Å². The minimum atomic E-state index is 0.211. The van der Waals surface area contributed by atoms with Crippen LogP contribution in [0.2, 0.25) is 0 Å². The highest BCUT2D eigenvalue weighted by Crippen LogP contribution is 2.20. The highest BCUT2D eigenvalue weighted by Gasteiger charge is 2.24. The lowest BCUT2D eigenvalue weighted by molar-refractivity contribution is 0.0553. The molecule has 0 amide bonds. The van der Waals surface area contributed by atoms with Crippen LogP contribution in [0.4, 0.5) is 5.82 Å². The summed E-state index contributed by atoms with van der Waals surface area (Å²) in [6, 6.07) is 9.84. The topological polar surface area (TPSA) is 69.0 Å². The third kappa shape index (κ3) is 3.66. The number of hydrogen-bond acceptors (Lipinski definition) is 6. The molecule has 1 aliphatic heterocycles. The predicted molar refractivity (Wildman–Crippen MR) is 93.5 cm³/mol. The van der Waals surface area contributed by atoms with Crippen LogP contribution in [0.5, 0.6) is 0 Å². The van der Waals surface area contributed by atoms with Crippen molar-refractivity contribution in [3.63, 3.8) is 0 Å². The Morgan fingerprint density at radius 3 is 2.60 bits per heavy atom. The summed E-state index contributed by atoms with van der Waals surface area (Å²) < 4.78 is 7.74. The molecule has 0 saturated carbocycles. The van der Waals surface area contributed by atoms with Gasteiger partial charge in [-0.05, 0) is 49.2 Å². The van der Waals surface area contributed by atoms with E-state index in [0.29, 0.717) is 6.61 Å². The number of pyridine rings is 1. The molecule has 0 aromatic carbocycles. The molecule has 3 aromatic heterocycles. The number of aryl methyl sites for hydroxylation is 1. The Hall–Kier alpha value is -2.80. The van der Waals surface area contributed by atoms with E-state index in [9.17, 15) is 0 Å². The van der Waals surface area contributed by atoms with E-state index in [1.165, 1.54) is 0 Å². The minimum absolute atomic E-state index is 0.211. The van der Waals surface area contributed by atoms with Gasteiger partial charge in [0.2, 0.25) is 0 Å². The molecule has 0 unspecified atom stereocenters. The summed E-state index contributed by atoms with van der Waals surface area (Å²) in [4.78, 5) is 6.23. The first kappa shape index (κ1) is 15.7. The Kier molecular flexibility index (Phi) is 4.39. The molecule has 1 aliphatic rings. The Morgan fingerprint density at radius 1 is 1.08 bits per heavy atom. The average Bonchev–Trinajstić information content (AvgIpc) is 3.30. The van der Waals surface area contributed by atoms with Gasteiger partial charge in [0.05, 0.1) is 18.4 Å². The number of anilines is 1. The first-order valence-corrected chi connectivity index (χ1v) is 8.40. The minimum Gasteiger partial charge on any atom is -0.372 e. The zero-order chi connectivity index (χ0) is 17.1. The van der Waals surface area contributed by atoms with Crippen LogP contribution < -0.4 is 4.90 Å². The van der Waals surface area contributed by atoms with Crippen LogP contribution in [-0.2, 0) is 11.3 Å². The van der Waals surface area contributed by atoms with E-state index in [1.807, 2.05) is 43.5 Å². The van der Waals surface area contributed by atoms with Gasteiger partial charge in [0.15, 0.2) is 11.6 Å². The van der Waals surface area contributed by atoms with Crippen LogP contribution in [-0.4, -0.2) is 44.2 Å². The van der Waals surface area contributed by atoms with Crippen molar-refractivity contribution >= 4 is 5.82 Å². The van der Waals surface area contributed by atoms with Gasteiger partial charge in [-0.3, -0.25) is 4.98 Å². The predicted octanol–water partition coefficient (Wildman–Crippen LogP) is 2.16. The standard InChI is InChI=1S/C18H20N6O/c1-14-6-11-24(22-14)18-3-2-17(20-21-18)23-10-7-16(12-23)25-13-15-4-8-19-9-5-15/h2-6,8-9,11,16H,7,10,12-13H2,1H3/t16-/m1/s1. The van der Waals surface area contributed by atoms with E-state index < -0.39 is 0 Å². The van der Waals surface area contributed by atoms with E-state index >= 15 is 0 Å². The largest absolute Gasteiger partial charge is 0.372 e. The number of rotatable bonds is 5. The summed E-state index contributed by atoms with van der Waals surface area (Å²) in [5.41, 5.74) is 2.10. The summed E-state index contributed by atoms with van der Waals surface area (Å²) in [7, 11) is 0. The lowest BCUT2D eigenvalue weighted by Crippen LogP contribution is -2.24. The Bertz CT molecular complexity index is 817. The van der Waals surface area contributed by atoms with Gasteiger partial charge in [-0.1, -0.05) is 0 Å². The quantitative estimate of drug-likeness (QED) is 0.711. The van der Waals surface area contributed by atoms with E-state index in [4.69, 9.17) is 4.74 Å². The SMILES string of the molecule is Cc1ccn(-c2ccc(N3CC[C@@H](OCc4ccncc4)C3)nn2)n1. The molecule has 1 saturated heterocycles. The smallest absolute Gasteiger partial charge is 0.175 e. The molecule has 0 N–H and O–H groups in total. The highest BCUT2D eigenvalue weighted by atomic mass is 16.5. The van der Waals surface area contributed by atoms with Gasteiger partial charge < -0.3 is 9.64 Å². The Labute approximate surface area is 146 Å². The second-order valence-electron chi connectivity index (χ2n) is 6.17. The first-order chi connectivity index (χ1) is 12.3. The van der Waals surface area contributed by atoms with Crippen molar-refractivity contribution in [1.82, 2.24) is 25.0 Å². The van der Waals surface area contributed by atoms with Crippen molar-refractivity contribution in [2.75, 3.05) is 18.0 Å². The molecule has 0 spiro atoms. The molecule has 1 atom stereocenters. The monoisotopic (exact) mass is 336 g/mol. The normalized spacial score (nSPS) is 17.2. The van der Waals surface area contributed by atoms with Crippen LogP contribution in [0.3, 0.4) is 0 Å². The van der Waals surface area contributed by atoms with Crippen molar-refractivity contribution in [2.45, 2.75) is 26.1 Å². The van der Waals surface area contributed by atoms with Crippen molar-refractivity contribution in [1.29, 1.82) is 0 Å². The van der Waals surface area contributed by atoms with Crippen LogP contribution >= 0.6 is 0 Å². The molecule has 0 radical (unpaired) electrons. The molecule has 4 rings (SSSR count). The fourth-order valence-corrected chi connectivity index (χ4v) is 2.92. The van der Waals surface area contributed by atoms with Crippen molar-refractivity contribution in [3.05, 3.63) is 60.2 Å². The van der Waals surface area contributed by atoms with E-state index in [0.717, 1.165) is 42.4 Å². The first-order valence-electron chi connectivity index (χ1n) is 8.40. The summed E-state index contributed by atoms with van der Waals surface area (Å²) in [5.74, 6) is 1.60. The Morgan fingerprint density at radius 2 is 1.88 bits per heavy atom.